The average molecular weight is 236 g/mol. The van der Waals surface area contributed by atoms with Gasteiger partial charge in [-0.05, 0) is 44.5 Å². The van der Waals surface area contributed by atoms with Crippen LogP contribution in [0.1, 0.15) is 29.6 Å². The number of aromatic nitrogens is 1. The quantitative estimate of drug-likeness (QED) is 0.827. The van der Waals surface area contributed by atoms with Gasteiger partial charge >= 0.3 is 5.97 Å². The summed E-state index contributed by atoms with van der Waals surface area (Å²) < 4.78 is 5.70. The summed E-state index contributed by atoms with van der Waals surface area (Å²) in [4.78, 5) is 15.0. The molecular formula is C12H16N2O3. The molecule has 1 aliphatic rings. The average Bonchev–Trinajstić information content (AvgIpc) is 2.58. The molecule has 5 heteroatoms. The fraction of sp³-hybridized carbons (Fsp3) is 0.500. The van der Waals surface area contributed by atoms with Crippen LogP contribution in [0.25, 0.3) is 0 Å². The molecule has 1 fully saturated rings. The maximum Gasteiger partial charge on any atom is 0.341 e. The zero-order valence-electron chi connectivity index (χ0n) is 9.56. The molecule has 17 heavy (non-hydrogen) atoms. The van der Waals surface area contributed by atoms with Crippen molar-refractivity contribution in [3.8, 4) is 5.88 Å². The molecule has 0 amide bonds. The number of hydrogen-bond acceptors (Lipinski definition) is 4. The smallest absolute Gasteiger partial charge is 0.341 e. The van der Waals surface area contributed by atoms with Gasteiger partial charge < -0.3 is 15.2 Å². The first-order chi connectivity index (χ1) is 8.27. The number of hydrogen-bond donors (Lipinski definition) is 2. The predicted molar refractivity (Wildman–Crippen MR) is 62.3 cm³/mol. The third-order valence-electron chi connectivity index (χ3n) is 2.80. The van der Waals surface area contributed by atoms with Crippen molar-refractivity contribution in [2.24, 2.45) is 0 Å². The maximum absolute atomic E-state index is 11.0. The second kappa shape index (κ2) is 5.63. The number of nitrogens with zero attached hydrogens (tertiary/aromatic N) is 1. The molecule has 0 aromatic carbocycles. The van der Waals surface area contributed by atoms with Crippen LogP contribution < -0.4 is 10.1 Å². The van der Waals surface area contributed by atoms with Crippen LogP contribution in [-0.4, -0.2) is 35.3 Å². The number of aromatic carboxylic acids is 1. The van der Waals surface area contributed by atoms with Crippen molar-refractivity contribution in [1.82, 2.24) is 10.3 Å². The lowest BCUT2D eigenvalue weighted by Crippen LogP contribution is -2.20. The molecule has 0 aliphatic carbocycles. The van der Waals surface area contributed by atoms with E-state index in [2.05, 4.69) is 10.3 Å². The van der Waals surface area contributed by atoms with Crippen LogP contribution in [0.5, 0.6) is 5.88 Å². The molecule has 0 bridgehead atoms. The number of carboxylic acid groups (broad SMARTS) is 1. The molecule has 92 valence electrons. The molecule has 0 radical (unpaired) electrons. The van der Waals surface area contributed by atoms with E-state index in [-0.39, 0.29) is 17.5 Å². The second-order valence-electron chi connectivity index (χ2n) is 4.08. The Morgan fingerprint density at radius 1 is 1.47 bits per heavy atom. The molecule has 0 spiro atoms. The van der Waals surface area contributed by atoms with Crippen molar-refractivity contribution in [3.63, 3.8) is 0 Å². The summed E-state index contributed by atoms with van der Waals surface area (Å²) in [5, 5.41) is 12.3. The van der Waals surface area contributed by atoms with E-state index >= 15 is 0 Å². The van der Waals surface area contributed by atoms with Crippen LogP contribution in [0, 0.1) is 0 Å². The van der Waals surface area contributed by atoms with Crippen LogP contribution in [0.15, 0.2) is 18.3 Å². The van der Waals surface area contributed by atoms with Crippen LogP contribution in [0.2, 0.25) is 0 Å². The highest BCUT2D eigenvalue weighted by atomic mass is 16.5. The van der Waals surface area contributed by atoms with Gasteiger partial charge in [0.2, 0.25) is 5.88 Å². The number of rotatable bonds is 3. The minimum atomic E-state index is -1.00. The molecule has 2 N–H and O–H groups in total. The Balaban J connectivity index is 2.09. The van der Waals surface area contributed by atoms with Gasteiger partial charge in [-0.25, -0.2) is 9.78 Å². The number of pyridine rings is 1. The highest BCUT2D eigenvalue weighted by molar-refractivity contribution is 5.90. The summed E-state index contributed by atoms with van der Waals surface area (Å²) in [7, 11) is 0. The summed E-state index contributed by atoms with van der Waals surface area (Å²) in [6.45, 7) is 1.90. The third kappa shape index (κ3) is 3.17. The van der Waals surface area contributed by atoms with Gasteiger partial charge in [0.25, 0.3) is 0 Å². The summed E-state index contributed by atoms with van der Waals surface area (Å²) in [6.07, 6.45) is 4.47. The Hall–Kier alpha value is -1.62. The Bertz CT molecular complexity index is 387. The van der Waals surface area contributed by atoms with Crippen molar-refractivity contribution < 1.29 is 14.6 Å². The number of ether oxygens (including phenoxy) is 1. The molecular weight excluding hydrogens is 220 g/mol. The number of nitrogens with one attached hydrogen (secondary N) is 1. The summed E-state index contributed by atoms with van der Waals surface area (Å²) in [5.74, 6) is -0.772. The molecule has 2 heterocycles. The minimum Gasteiger partial charge on any atom is -0.477 e. The van der Waals surface area contributed by atoms with E-state index in [4.69, 9.17) is 9.84 Å². The lowest BCUT2D eigenvalue weighted by Gasteiger charge is -2.16. The molecule has 1 unspecified atom stereocenters. The monoisotopic (exact) mass is 236 g/mol. The third-order valence-corrected chi connectivity index (χ3v) is 2.80. The van der Waals surface area contributed by atoms with Crippen molar-refractivity contribution in [1.29, 1.82) is 0 Å². The topological polar surface area (TPSA) is 71.5 Å². The zero-order chi connectivity index (χ0) is 12.1. The molecule has 1 saturated heterocycles. The fourth-order valence-corrected chi connectivity index (χ4v) is 1.91. The SMILES string of the molecule is O=C(O)c1cccnc1OC1CCCNCC1. The zero-order valence-corrected chi connectivity index (χ0v) is 9.56. The molecule has 1 aliphatic heterocycles. The van der Waals surface area contributed by atoms with Gasteiger partial charge in [-0.15, -0.1) is 0 Å². The molecule has 0 saturated carbocycles. The van der Waals surface area contributed by atoms with Crippen molar-refractivity contribution in [3.05, 3.63) is 23.9 Å². The molecule has 5 nitrogen and oxygen atoms in total. The van der Waals surface area contributed by atoms with E-state index in [1.807, 2.05) is 0 Å². The standard InChI is InChI=1S/C12H16N2O3/c15-12(16)10-4-2-7-14-11(10)17-9-3-1-6-13-8-5-9/h2,4,7,9,13H,1,3,5-6,8H2,(H,15,16). The van der Waals surface area contributed by atoms with Gasteiger partial charge in [-0.3, -0.25) is 0 Å². The predicted octanol–water partition coefficient (Wildman–Crippen LogP) is 1.30. The van der Waals surface area contributed by atoms with Crippen molar-refractivity contribution in [2.75, 3.05) is 13.1 Å². The van der Waals surface area contributed by atoms with Crippen molar-refractivity contribution in [2.45, 2.75) is 25.4 Å². The first-order valence-electron chi connectivity index (χ1n) is 5.83. The number of carboxylic acids is 1. The van der Waals surface area contributed by atoms with E-state index in [9.17, 15) is 4.79 Å². The van der Waals surface area contributed by atoms with Gasteiger partial charge in [0.15, 0.2) is 0 Å². The molecule has 2 rings (SSSR count). The molecule has 1 aromatic rings. The Morgan fingerprint density at radius 3 is 3.18 bits per heavy atom. The highest BCUT2D eigenvalue weighted by Crippen LogP contribution is 2.19. The number of carbonyl (C=O) groups is 1. The van der Waals surface area contributed by atoms with Crippen molar-refractivity contribution >= 4 is 5.97 Å². The summed E-state index contributed by atoms with van der Waals surface area (Å²) in [6, 6.07) is 3.12. The summed E-state index contributed by atoms with van der Waals surface area (Å²) >= 11 is 0. The summed E-state index contributed by atoms with van der Waals surface area (Å²) in [5.41, 5.74) is 0.129. The van der Waals surface area contributed by atoms with Crippen LogP contribution >= 0.6 is 0 Å². The van der Waals surface area contributed by atoms with E-state index in [1.165, 1.54) is 6.07 Å². The fourth-order valence-electron chi connectivity index (χ4n) is 1.91. The highest BCUT2D eigenvalue weighted by Gasteiger charge is 2.18. The normalized spacial score (nSPS) is 20.6. The molecule has 1 atom stereocenters. The second-order valence-corrected chi connectivity index (χ2v) is 4.08. The largest absolute Gasteiger partial charge is 0.477 e. The Morgan fingerprint density at radius 2 is 2.35 bits per heavy atom. The van der Waals surface area contributed by atoms with Gasteiger partial charge in [0, 0.05) is 6.20 Å². The van der Waals surface area contributed by atoms with E-state index in [1.54, 1.807) is 12.3 Å². The lowest BCUT2D eigenvalue weighted by atomic mass is 10.1. The van der Waals surface area contributed by atoms with Gasteiger partial charge in [-0.2, -0.15) is 0 Å². The lowest BCUT2D eigenvalue weighted by molar-refractivity contribution is 0.0686. The minimum absolute atomic E-state index is 0.0537. The van der Waals surface area contributed by atoms with Crippen LogP contribution in [0.4, 0.5) is 0 Å². The van der Waals surface area contributed by atoms with Crippen LogP contribution in [-0.2, 0) is 0 Å². The van der Waals surface area contributed by atoms with Gasteiger partial charge in [0.1, 0.15) is 11.7 Å². The van der Waals surface area contributed by atoms with E-state index in [0.29, 0.717) is 0 Å². The first kappa shape index (κ1) is 11.9. The van der Waals surface area contributed by atoms with Gasteiger partial charge in [-0.1, -0.05) is 0 Å². The first-order valence-corrected chi connectivity index (χ1v) is 5.83. The molecule has 1 aromatic heterocycles. The van der Waals surface area contributed by atoms with E-state index in [0.717, 1.165) is 32.4 Å². The van der Waals surface area contributed by atoms with Crippen LogP contribution in [0.3, 0.4) is 0 Å². The Labute approximate surface area is 99.8 Å². The Kier molecular flexibility index (Phi) is 3.93. The van der Waals surface area contributed by atoms with Gasteiger partial charge in [0.05, 0.1) is 0 Å². The van der Waals surface area contributed by atoms with E-state index < -0.39 is 5.97 Å². The maximum atomic E-state index is 11.0.